The minimum atomic E-state index is 0. The quantitative estimate of drug-likeness (QED) is 0.262. The van der Waals surface area contributed by atoms with Gasteiger partial charge in [0.25, 0.3) is 0 Å². The smallest absolute Gasteiger partial charge is 0.191 e. The standard InChI is InChI=1S/C19H23BrN6O.HI/c1-3-18-25-24-13-26(18)11-10-22-19(21-2)23-12-16-8-9-17(27-16)14-4-6-15(20)7-5-14;/h4-9,13H,3,10-12H2,1-2H3,(H2,21,22,23);1H. The fourth-order valence-electron chi connectivity index (χ4n) is 2.67. The highest BCUT2D eigenvalue weighted by atomic mass is 127. The molecular formula is C19H24BrIN6O. The maximum atomic E-state index is 5.92. The molecule has 0 spiro atoms. The van der Waals surface area contributed by atoms with Crippen LogP contribution >= 0.6 is 39.9 Å². The number of nitrogens with one attached hydrogen (secondary N) is 2. The van der Waals surface area contributed by atoms with Gasteiger partial charge >= 0.3 is 0 Å². The molecule has 0 amide bonds. The molecule has 0 aliphatic heterocycles. The van der Waals surface area contributed by atoms with Gasteiger partial charge in [0.05, 0.1) is 6.54 Å². The van der Waals surface area contributed by atoms with Crippen LogP contribution in [0.5, 0.6) is 0 Å². The molecule has 2 N–H and O–H groups in total. The first-order valence-electron chi connectivity index (χ1n) is 8.85. The number of aryl methyl sites for hydroxylation is 1. The number of rotatable bonds is 7. The van der Waals surface area contributed by atoms with Gasteiger partial charge in [-0.25, -0.2) is 0 Å². The number of hydrogen-bond donors (Lipinski definition) is 2. The fraction of sp³-hybridized carbons (Fsp3) is 0.316. The van der Waals surface area contributed by atoms with E-state index in [0.717, 1.165) is 52.9 Å². The van der Waals surface area contributed by atoms with E-state index in [1.165, 1.54) is 0 Å². The van der Waals surface area contributed by atoms with Gasteiger partial charge in [-0.2, -0.15) is 0 Å². The topological polar surface area (TPSA) is 80.3 Å². The Morgan fingerprint density at radius 1 is 1.18 bits per heavy atom. The monoisotopic (exact) mass is 558 g/mol. The summed E-state index contributed by atoms with van der Waals surface area (Å²) in [6.45, 7) is 4.14. The van der Waals surface area contributed by atoms with Crippen molar-refractivity contribution in [2.24, 2.45) is 4.99 Å². The minimum absolute atomic E-state index is 0. The van der Waals surface area contributed by atoms with Crippen molar-refractivity contribution in [3.63, 3.8) is 0 Å². The van der Waals surface area contributed by atoms with Crippen molar-refractivity contribution in [3.05, 3.63) is 58.8 Å². The number of halogens is 2. The van der Waals surface area contributed by atoms with Gasteiger partial charge in [-0.05, 0) is 24.3 Å². The van der Waals surface area contributed by atoms with Gasteiger partial charge in [0.15, 0.2) is 5.96 Å². The van der Waals surface area contributed by atoms with Crippen molar-refractivity contribution in [1.82, 2.24) is 25.4 Å². The van der Waals surface area contributed by atoms with Crippen LogP contribution in [0.2, 0.25) is 0 Å². The van der Waals surface area contributed by atoms with Crippen LogP contribution in [0.25, 0.3) is 11.3 Å². The molecule has 2 heterocycles. The largest absolute Gasteiger partial charge is 0.459 e. The molecule has 150 valence electrons. The Labute approximate surface area is 190 Å². The zero-order valence-corrected chi connectivity index (χ0v) is 19.8. The average molecular weight is 559 g/mol. The molecule has 7 nitrogen and oxygen atoms in total. The summed E-state index contributed by atoms with van der Waals surface area (Å²) in [7, 11) is 1.75. The van der Waals surface area contributed by atoms with Crippen LogP contribution in [-0.2, 0) is 19.5 Å². The summed E-state index contributed by atoms with van der Waals surface area (Å²) in [5.74, 6) is 3.41. The van der Waals surface area contributed by atoms with Gasteiger partial charge in [0, 0.05) is 36.6 Å². The molecule has 0 saturated heterocycles. The molecule has 0 bridgehead atoms. The van der Waals surface area contributed by atoms with Crippen LogP contribution in [0.3, 0.4) is 0 Å². The Balaban J connectivity index is 0.00000280. The second-order valence-electron chi connectivity index (χ2n) is 5.92. The predicted octanol–water partition coefficient (Wildman–Crippen LogP) is 3.85. The Bertz CT molecular complexity index is 890. The van der Waals surface area contributed by atoms with E-state index >= 15 is 0 Å². The van der Waals surface area contributed by atoms with Crippen molar-refractivity contribution < 1.29 is 4.42 Å². The number of guanidine groups is 1. The molecule has 2 aromatic heterocycles. The van der Waals surface area contributed by atoms with Crippen LogP contribution in [0.4, 0.5) is 0 Å². The lowest BCUT2D eigenvalue weighted by Crippen LogP contribution is -2.38. The first kappa shape index (κ1) is 22.4. The Morgan fingerprint density at radius 2 is 1.96 bits per heavy atom. The number of aliphatic imine (C=N–C) groups is 1. The molecule has 0 fully saturated rings. The van der Waals surface area contributed by atoms with Crippen LogP contribution in [-0.4, -0.2) is 34.3 Å². The highest BCUT2D eigenvalue weighted by Crippen LogP contribution is 2.23. The first-order chi connectivity index (χ1) is 13.2. The molecule has 0 atom stereocenters. The summed E-state index contributed by atoms with van der Waals surface area (Å²) >= 11 is 3.44. The van der Waals surface area contributed by atoms with E-state index in [1.54, 1.807) is 13.4 Å². The lowest BCUT2D eigenvalue weighted by molar-refractivity contribution is 0.513. The number of nitrogens with zero attached hydrogens (tertiary/aromatic N) is 4. The van der Waals surface area contributed by atoms with E-state index in [9.17, 15) is 0 Å². The van der Waals surface area contributed by atoms with E-state index in [4.69, 9.17) is 4.42 Å². The Kier molecular flexibility index (Phi) is 8.97. The number of aromatic nitrogens is 3. The molecule has 0 saturated carbocycles. The lowest BCUT2D eigenvalue weighted by Gasteiger charge is -2.11. The SMILES string of the molecule is CCc1nncn1CCNC(=NC)NCc1ccc(-c2ccc(Br)cc2)o1.I. The van der Waals surface area contributed by atoms with Gasteiger partial charge in [-0.3, -0.25) is 4.99 Å². The molecule has 0 unspecified atom stereocenters. The maximum absolute atomic E-state index is 5.92. The van der Waals surface area contributed by atoms with Crippen LogP contribution < -0.4 is 10.6 Å². The van der Waals surface area contributed by atoms with E-state index in [0.29, 0.717) is 6.54 Å². The van der Waals surface area contributed by atoms with Crippen molar-refractivity contribution in [2.45, 2.75) is 26.4 Å². The zero-order valence-electron chi connectivity index (χ0n) is 15.9. The fourth-order valence-corrected chi connectivity index (χ4v) is 2.93. The molecule has 3 rings (SSSR count). The Morgan fingerprint density at radius 3 is 2.68 bits per heavy atom. The summed E-state index contributed by atoms with van der Waals surface area (Å²) in [5, 5.41) is 14.6. The molecular weight excluding hydrogens is 535 g/mol. The van der Waals surface area contributed by atoms with Gasteiger partial charge in [0.1, 0.15) is 23.7 Å². The van der Waals surface area contributed by atoms with Crippen molar-refractivity contribution >= 4 is 45.9 Å². The first-order valence-corrected chi connectivity index (χ1v) is 9.64. The summed E-state index contributed by atoms with van der Waals surface area (Å²) < 4.78 is 9.00. The molecule has 28 heavy (non-hydrogen) atoms. The molecule has 3 aromatic rings. The van der Waals surface area contributed by atoms with Crippen LogP contribution in [0.1, 0.15) is 18.5 Å². The third-order valence-electron chi connectivity index (χ3n) is 4.10. The zero-order chi connectivity index (χ0) is 19.1. The average Bonchev–Trinajstić information content (AvgIpc) is 3.34. The highest BCUT2D eigenvalue weighted by molar-refractivity contribution is 14.0. The number of hydrogen-bond acceptors (Lipinski definition) is 4. The summed E-state index contributed by atoms with van der Waals surface area (Å²) in [5.41, 5.74) is 1.05. The molecule has 0 aliphatic rings. The molecule has 0 radical (unpaired) electrons. The normalized spacial score (nSPS) is 11.2. The second-order valence-corrected chi connectivity index (χ2v) is 6.84. The molecule has 0 aliphatic carbocycles. The highest BCUT2D eigenvalue weighted by Gasteiger charge is 2.06. The van der Waals surface area contributed by atoms with Gasteiger partial charge < -0.3 is 19.6 Å². The second kappa shape index (κ2) is 11.2. The van der Waals surface area contributed by atoms with E-state index in [-0.39, 0.29) is 24.0 Å². The van der Waals surface area contributed by atoms with E-state index < -0.39 is 0 Å². The summed E-state index contributed by atoms with van der Waals surface area (Å²) in [6.07, 6.45) is 2.62. The van der Waals surface area contributed by atoms with Gasteiger partial charge in [0.2, 0.25) is 0 Å². The van der Waals surface area contributed by atoms with Gasteiger partial charge in [-0.15, -0.1) is 34.2 Å². The van der Waals surface area contributed by atoms with Crippen LogP contribution in [0.15, 0.2) is 56.6 Å². The number of benzene rings is 1. The van der Waals surface area contributed by atoms with Crippen molar-refractivity contribution in [3.8, 4) is 11.3 Å². The van der Waals surface area contributed by atoms with E-state index in [2.05, 4.69) is 48.7 Å². The predicted molar refractivity (Wildman–Crippen MR) is 125 cm³/mol. The third-order valence-corrected chi connectivity index (χ3v) is 4.63. The lowest BCUT2D eigenvalue weighted by atomic mass is 10.2. The Hall–Kier alpha value is -1.88. The van der Waals surface area contributed by atoms with Crippen molar-refractivity contribution in [2.75, 3.05) is 13.6 Å². The third kappa shape index (κ3) is 6.06. The van der Waals surface area contributed by atoms with Gasteiger partial charge in [-0.1, -0.05) is 35.0 Å². The molecule has 1 aromatic carbocycles. The minimum Gasteiger partial charge on any atom is -0.459 e. The van der Waals surface area contributed by atoms with Crippen LogP contribution in [0, 0.1) is 0 Å². The molecule has 9 heteroatoms. The summed E-state index contributed by atoms with van der Waals surface area (Å²) in [4.78, 5) is 4.25. The maximum Gasteiger partial charge on any atom is 0.191 e. The number of furan rings is 1. The van der Waals surface area contributed by atoms with Crippen molar-refractivity contribution in [1.29, 1.82) is 0 Å². The van der Waals surface area contributed by atoms with E-state index in [1.807, 2.05) is 41.0 Å². The summed E-state index contributed by atoms with van der Waals surface area (Å²) in [6, 6.07) is 12.0.